The Morgan fingerprint density at radius 2 is 2.12 bits per heavy atom. The number of hydrogen-bond donors (Lipinski definition) is 2. The van der Waals surface area contributed by atoms with Crippen LogP contribution in [0.1, 0.15) is 11.1 Å². The van der Waals surface area contributed by atoms with Gasteiger partial charge in [0.15, 0.2) is 0 Å². The molecule has 0 aliphatic carbocycles. The van der Waals surface area contributed by atoms with Crippen LogP contribution in [0.4, 0.5) is 0 Å². The molecule has 1 unspecified atom stereocenters. The Labute approximate surface area is 101 Å². The van der Waals surface area contributed by atoms with Crippen LogP contribution in [0.3, 0.4) is 0 Å². The van der Waals surface area contributed by atoms with Gasteiger partial charge in [-0.2, -0.15) is 0 Å². The molecular formula is C13H18N2O2. The number of nitrogens with one attached hydrogen (secondary N) is 1. The number of nitrogens with zero attached hydrogens (tertiary/aromatic N) is 1. The third kappa shape index (κ3) is 3.28. The Morgan fingerprint density at radius 3 is 2.76 bits per heavy atom. The fourth-order valence-corrected chi connectivity index (χ4v) is 2.07. The quantitative estimate of drug-likeness (QED) is 0.790. The van der Waals surface area contributed by atoms with Gasteiger partial charge in [0.1, 0.15) is 0 Å². The van der Waals surface area contributed by atoms with Gasteiger partial charge in [0, 0.05) is 13.1 Å². The Bertz CT molecular complexity index is 389. The molecule has 1 heterocycles. The Balaban J connectivity index is 1.98. The van der Waals surface area contributed by atoms with Gasteiger partial charge >= 0.3 is 0 Å². The van der Waals surface area contributed by atoms with E-state index in [1.54, 1.807) is 0 Å². The van der Waals surface area contributed by atoms with Crippen molar-refractivity contribution in [2.45, 2.75) is 19.5 Å². The van der Waals surface area contributed by atoms with E-state index < -0.39 is 0 Å². The minimum Gasteiger partial charge on any atom is -0.394 e. The third-order valence-electron chi connectivity index (χ3n) is 2.96. The molecule has 1 aromatic rings. The van der Waals surface area contributed by atoms with Gasteiger partial charge in [-0.15, -0.1) is 0 Å². The van der Waals surface area contributed by atoms with E-state index in [4.69, 9.17) is 5.11 Å². The molecule has 0 bridgehead atoms. The van der Waals surface area contributed by atoms with Crippen molar-refractivity contribution in [3.63, 3.8) is 0 Å². The summed E-state index contributed by atoms with van der Waals surface area (Å²) in [6.07, 6.45) is 0. The molecule has 4 nitrogen and oxygen atoms in total. The molecule has 1 aromatic carbocycles. The van der Waals surface area contributed by atoms with Crippen LogP contribution >= 0.6 is 0 Å². The van der Waals surface area contributed by atoms with Gasteiger partial charge in [0.2, 0.25) is 5.91 Å². The minimum atomic E-state index is -0.137. The highest BCUT2D eigenvalue weighted by Crippen LogP contribution is 2.09. The van der Waals surface area contributed by atoms with Crippen LogP contribution in [0, 0.1) is 6.92 Å². The van der Waals surface area contributed by atoms with E-state index in [0.29, 0.717) is 13.1 Å². The Kier molecular flexibility index (Phi) is 3.76. The van der Waals surface area contributed by atoms with Crippen molar-refractivity contribution < 1.29 is 9.90 Å². The number of rotatable bonds is 3. The van der Waals surface area contributed by atoms with E-state index in [1.807, 2.05) is 0 Å². The van der Waals surface area contributed by atoms with Gasteiger partial charge in [0.25, 0.3) is 0 Å². The van der Waals surface area contributed by atoms with Crippen molar-refractivity contribution in [2.75, 3.05) is 19.7 Å². The topological polar surface area (TPSA) is 52.6 Å². The van der Waals surface area contributed by atoms with E-state index in [-0.39, 0.29) is 18.6 Å². The molecule has 0 radical (unpaired) electrons. The zero-order valence-corrected chi connectivity index (χ0v) is 10.0. The molecule has 1 aliphatic rings. The lowest BCUT2D eigenvalue weighted by molar-refractivity contribution is -0.126. The summed E-state index contributed by atoms with van der Waals surface area (Å²) < 4.78 is 0. The number of carbonyl (C=O) groups excluding carboxylic acids is 1. The lowest BCUT2D eigenvalue weighted by atomic mass is 10.1. The van der Waals surface area contributed by atoms with E-state index in [9.17, 15) is 4.79 Å². The second kappa shape index (κ2) is 5.29. The molecule has 1 amide bonds. The third-order valence-corrected chi connectivity index (χ3v) is 2.96. The molecule has 92 valence electrons. The Morgan fingerprint density at radius 1 is 1.41 bits per heavy atom. The van der Waals surface area contributed by atoms with Gasteiger partial charge in [-0.05, 0) is 12.5 Å². The molecule has 1 atom stereocenters. The van der Waals surface area contributed by atoms with Crippen LogP contribution in [-0.2, 0) is 11.3 Å². The summed E-state index contributed by atoms with van der Waals surface area (Å²) in [4.78, 5) is 13.5. The maximum Gasteiger partial charge on any atom is 0.234 e. The molecule has 1 fully saturated rings. The summed E-state index contributed by atoms with van der Waals surface area (Å²) >= 11 is 0. The summed E-state index contributed by atoms with van der Waals surface area (Å²) in [6.45, 7) is 3.92. The van der Waals surface area contributed by atoms with Gasteiger partial charge in [-0.3, -0.25) is 9.69 Å². The second-order valence-corrected chi connectivity index (χ2v) is 4.60. The number of hydrogen-bond acceptors (Lipinski definition) is 3. The molecule has 1 aliphatic heterocycles. The number of carbonyl (C=O) groups is 1. The number of benzene rings is 1. The summed E-state index contributed by atoms with van der Waals surface area (Å²) in [5, 5.41) is 11.8. The van der Waals surface area contributed by atoms with Gasteiger partial charge in [-0.25, -0.2) is 0 Å². The van der Waals surface area contributed by atoms with Crippen LogP contribution in [-0.4, -0.2) is 41.7 Å². The molecule has 2 N–H and O–H groups in total. The maximum atomic E-state index is 11.4. The fourth-order valence-electron chi connectivity index (χ4n) is 2.07. The number of aliphatic hydroxyl groups is 1. The molecule has 0 aromatic heterocycles. The summed E-state index contributed by atoms with van der Waals surface area (Å²) in [7, 11) is 0. The van der Waals surface area contributed by atoms with Crippen molar-refractivity contribution in [1.82, 2.24) is 10.2 Å². The number of amides is 1. The van der Waals surface area contributed by atoms with Gasteiger partial charge < -0.3 is 10.4 Å². The highest BCUT2D eigenvalue weighted by Gasteiger charge is 2.23. The first kappa shape index (κ1) is 12.1. The van der Waals surface area contributed by atoms with Crippen molar-refractivity contribution >= 4 is 5.91 Å². The first-order valence-corrected chi connectivity index (χ1v) is 5.85. The van der Waals surface area contributed by atoms with Crippen LogP contribution in [0.25, 0.3) is 0 Å². The molecule has 17 heavy (non-hydrogen) atoms. The predicted octanol–water partition coefficient (Wildman–Crippen LogP) is 0.288. The smallest absolute Gasteiger partial charge is 0.234 e. The highest BCUT2D eigenvalue weighted by atomic mass is 16.3. The normalized spacial score (nSPS) is 21.3. The molecular weight excluding hydrogens is 216 g/mol. The second-order valence-electron chi connectivity index (χ2n) is 4.60. The first-order valence-electron chi connectivity index (χ1n) is 5.85. The SMILES string of the molecule is Cc1ccc(CN2CC(=O)NC(CO)C2)cc1. The zero-order chi connectivity index (χ0) is 12.3. The van der Waals surface area contributed by atoms with Crippen LogP contribution in [0.15, 0.2) is 24.3 Å². The minimum absolute atomic E-state index is 0.00383. The molecule has 0 saturated carbocycles. The molecule has 2 rings (SSSR count). The lowest BCUT2D eigenvalue weighted by Gasteiger charge is -2.32. The van der Waals surface area contributed by atoms with Crippen LogP contribution in [0.5, 0.6) is 0 Å². The van der Waals surface area contributed by atoms with Crippen molar-refractivity contribution in [1.29, 1.82) is 0 Å². The average molecular weight is 234 g/mol. The van der Waals surface area contributed by atoms with Crippen molar-refractivity contribution in [2.24, 2.45) is 0 Å². The lowest BCUT2D eigenvalue weighted by Crippen LogP contribution is -2.55. The predicted molar refractivity (Wildman–Crippen MR) is 65.5 cm³/mol. The zero-order valence-electron chi connectivity index (χ0n) is 10.0. The van der Waals surface area contributed by atoms with E-state index in [1.165, 1.54) is 11.1 Å². The number of piperazine rings is 1. The molecule has 1 saturated heterocycles. The standard InChI is InChI=1S/C13H18N2O2/c1-10-2-4-11(5-3-10)6-15-7-12(9-16)14-13(17)8-15/h2-5,12,16H,6-9H2,1H3,(H,14,17). The van der Waals surface area contributed by atoms with Gasteiger partial charge in [-0.1, -0.05) is 29.8 Å². The average Bonchev–Trinajstić information content (AvgIpc) is 2.31. The van der Waals surface area contributed by atoms with E-state index >= 15 is 0 Å². The summed E-state index contributed by atoms with van der Waals surface area (Å²) in [6, 6.07) is 8.17. The summed E-state index contributed by atoms with van der Waals surface area (Å²) in [5.74, 6) is -0.0117. The summed E-state index contributed by atoms with van der Waals surface area (Å²) in [5.41, 5.74) is 2.43. The van der Waals surface area contributed by atoms with Crippen LogP contribution in [0.2, 0.25) is 0 Å². The monoisotopic (exact) mass is 234 g/mol. The van der Waals surface area contributed by atoms with Crippen molar-refractivity contribution in [3.05, 3.63) is 35.4 Å². The molecule has 4 heteroatoms. The van der Waals surface area contributed by atoms with Crippen LogP contribution < -0.4 is 5.32 Å². The maximum absolute atomic E-state index is 11.4. The molecule has 0 spiro atoms. The van der Waals surface area contributed by atoms with Crippen molar-refractivity contribution in [3.8, 4) is 0 Å². The number of aliphatic hydroxyl groups excluding tert-OH is 1. The van der Waals surface area contributed by atoms with Gasteiger partial charge in [0.05, 0.1) is 19.2 Å². The van der Waals surface area contributed by atoms with E-state index in [2.05, 4.69) is 41.4 Å². The highest BCUT2D eigenvalue weighted by molar-refractivity contribution is 5.79. The van der Waals surface area contributed by atoms with E-state index in [0.717, 1.165) is 6.54 Å². The fraction of sp³-hybridized carbons (Fsp3) is 0.462. The first-order chi connectivity index (χ1) is 8.17. The Hall–Kier alpha value is -1.39. The number of aryl methyl sites for hydroxylation is 1. The largest absolute Gasteiger partial charge is 0.394 e.